The van der Waals surface area contributed by atoms with Crippen molar-refractivity contribution in [1.82, 2.24) is 9.97 Å². The first-order chi connectivity index (χ1) is 13.0. The number of aromatic nitrogens is 2. The minimum absolute atomic E-state index is 0.0962. The van der Waals surface area contributed by atoms with Crippen LogP contribution in [0.1, 0.15) is 33.6 Å². The fourth-order valence-electron chi connectivity index (χ4n) is 3.50. The van der Waals surface area contributed by atoms with E-state index >= 15 is 0 Å². The molecule has 4 rings (SSSR count). The lowest BCUT2D eigenvalue weighted by molar-refractivity contribution is 0.103. The summed E-state index contributed by atoms with van der Waals surface area (Å²) in [6, 6.07) is 8.01. The Hall–Kier alpha value is -2.12. The SMILES string of the molecule is CSc1nc(N2CCCC2)c2cc(C(=O)Nc3cc(C)cc(C)c3)sc2n1. The van der Waals surface area contributed by atoms with Crippen LogP contribution in [0.2, 0.25) is 0 Å². The quantitative estimate of drug-likeness (QED) is 0.501. The number of amides is 1. The zero-order chi connectivity index (χ0) is 19.0. The summed E-state index contributed by atoms with van der Waals surface area (Å²) in [5.41, 5.74) is 3.09. The van der Waals surface area contributed by atoms with E-state index in [4.69, 9.17) is 4.98 Å². The largest absolute Gasteiger partial charge is 0.356 e. The first kappa shape index (κ1) is 18.3. The van der Waals surface area contributed by atoms with Crippen LogP contribution in [0.4, 0.5) is 11.5 Å². The summed E-state index contributed by atoms with van der Waals surface area (Å²) in [7, 11) is 0. The molecule has 3 aromatic rings. The molecule has 140 valence electrons. The van der Waals surface area contributed by atoms with Crippen LogP contribution in [-0.4, -0.2) is 35.2 Å². The van der Waals surface area contributed by atoms with Gasteiger partial charge in [-0.25, -0.2) is 9.97 Å². The van der Waals surface area contributed by atoms with Gasteiger partial charge in [-0.2, -0.15) is 0 Å². The van der Waals surface area contributed by atoms with E-state index in [1.54, 1.807) is 0 Å². The average Bonchev–Trinajstić information content (AvgIpc) is 3.29. The van der Waals surface area contributed by atoms with Gasteiger partial charge < -0.3 is 10.2 Å². The zero-order valence-electron chi connectivity index (χ0n) is 15.7. The normalized spacial score (nSPS) is 14.1. The zero-order valence-corrected chi connectivity index (χ0v) is 17.3. The van der Waals surface area contributed by atoms with Gasteiger partial charge in [0.25, 0.3) is 5.91 Å². The highest BCUT2D eigenvalue weighted by molar-refractivity contribution is 7.98. The Morgan fingerprint density at radius 1 is 1.11 bits per heavy atom. The van der Waals surface area contributed by atoms with E-state index in [9.17, 15) is 4.79 Å². The summed E-state index contributed by atoms with van der Waals surface area (Å²) in [5, 5.41) is 4.76. The highest BCUT2D eigenvalue weighted by Crippen LogP contribution is 2.34. The Bertz CT molecular complexity index is 988. The lowest BCUT2D eigenvalue weighted by atomic mass is 10.1. The third-order valence-corrected chi connectivity index (χ3v) is 6.22. The van der Waals surface area contributed by atoms with Crippen LogP contribution in [0, 0.1) is 13.8 Å². The van der Waals surface area contributed by atoms with Gasteiger partial charge in [0.2, 0.25) is 0 Å². The van der Waals surface area contributed by atoms with E-state index in [0.29, 0.717) is 4.88 Å². The number of anilines is 2. The number of aryl methyl sites for hydroxylation is 2. The van der Waals surface area contributed by atoms with Crippen molar-refractivity contribution in [3.63, 3.8) is 0 Å². The highest BCUT2D eigenvalue weighted by atomic mass is 32.2. The maximum atomic E-state index is 12.8. The van der Waals surface area contributed by atoms with Gasteiger partial charge in [0.15, 0.2) is 5.16 Å². The van der Waals surface area contributed by atoms with Crippen LogP contribution >= 0.6 is 23.1 Å². The van der Waals surface area contributed by atoms with E-state index in [0.717, 1.165) is 51.1 Å². The number of hydrogen-bond donors (Lipinski definition) is 1. The van der Waals surface area contributed by atoms with Crippen molar-refractivity contribution in [2.75, 3.05) is 29.6 Å². The number of thiophene rings is 1. The molecular weight excluding hydrogens is 376 g/mol. The Labute approximate surface area is 167 Å². The van der Waals surface area contributed by atoms with Crippen molar-refractivity contribution in [1.29, 1.82) is 0 Å². The van der Waals surface area contributed by atoms with E-state index in [1.165, 1.54) is 35.9 Å². The number of carbonyl (C=O) groups is 1. The van der Waals surface area contributed by atoms with Gasteiger partial charge in [-0.1, -0.05) is 17.8 Å². The molecule has 0 atom stereocenters. The Kier molecular flexibility index (Phi) is 5.06. The van der Waals surface area contributed by atoms with Crippen LogP contribution in [0.25, 0.3) is 10.2 Å². The molecule has 2 aromatic heterocycles. The number of carbonyl (C=O) groups excluding carboxylic acids is 1. The van der Waals surface area contributed by atoms with Gasteiger partial charge in [0, 0.05) is 18.8 Å². The van der Waals surface area contributed by atoms with Crippen LogP contribution in [0.5, 0.6) is 0 Å². The lowest BCUT2D eigenvalue weighted by Gasteiger charge is -2.17. The molecular formula is C20H22N4OS2. The number of benzene rings is 1. The van der Waals surface area contributed by atoms with Crippen molar-refractivity contribution in [2.24, 2.45) is 0 Å². The molecule has 27 heavy (non-hydrogen) atoms. The molecule has 7 heteroatoms. The fraction of sp³-hybridized carbons (Fsp3) is 0.350. The molecule has 0 aliphatic carbocycles. The number of hydrogen-bond acceptors (Lipinski definition) is 6. The second-order valence-corrected chi connectivity index (χ2v) is 8.69. The second kappa shape index (κ2) is 7.48. The predicted molar refractivity (Wildman–Crippen MR) is 115 cm³/mol. The lowest BCUT2D eigenvalue weighted by Crippen LogP contribution is -2.19. The van der Waals surface area contributed by atoms with Crippen molar-refractivity contribution in [3.8, 4) is 0 Å². The molecule has 5 nitrogen and oxygen atoms in total. The van der Waals surface area contributed by atoms with Gasteiger partial charge >= 0.3 is 0 Å². The molecule has 1 amide bonds. The number of rotatable bonds is 4. The first-order valence-electron chi connectivity index (χ1n) is 9.03. The summed E-state index contributed by atoms with van der Waals surface area (Å²) in [4.78, 5) is 26.0. The maximum Gasteiger partial charge on any atom is 0.265 e. The number of fused-ring (bicyclic) bond motifs is 1. The number of nitrogens with zero attached hydrogens (tertiary/aromatic N) is 3. The summed E-state index contributed by atoms with van der Waals surface area (Å²) >= 11 is 2.97. The molecule has 3 heterocycles. The van der Waals surface area contributed by atoms with E-state index in [1.807, 2.05) is 38.3 Å². The minimum Gasteiger partial charge on any atom is -0.356 e. The topological polar surface area (TPSA) is 58.1 Å². The van der Waals surface area contributed by atoms with Crippen LogP contribution < -0.4 is 10.2 Å². The molecule has 0 radical (unpaired) electrons. The van der Waals surface area contributed by atoms with Crippen LogP contribution in [-0.2, 0) is 0 Å². The summed E-state index contributed by atoms with van der Waals surface area (Å²) in [6.45, 7) is 6.09. The molecule has 1 N–H and O–H groups in total. The molecule has 1 aromatic carbocycles. The van der Waals surface area contributed by atoms with Gasteiger partial charge in [0.05, 0.1) is 10.3 Å². The van der Waals surface area contributed by atoms with Crippen LogP contribution in [0.15, 0.2) is 29.4 Å². The highest BCUT2D eigenvalue weighted by Gasteiger charge is 2.21. The second-order valence-electron chi connectivity index (χ2n) is 6.89. The van der Waals surface area contributed by atoms with Gasteiger partial charge in [-0.05, 0) is 62.3 Å². The van der Waals surface area contributed by atoms with E-state index in [-0.39, 0.29) is 5.91 Å². The Morgan fingerprint density at radius 3 is 2.48 bits per heavy atom. The molecule has 0 spiro atoms. The van der Waals surface area contributed by atoms with E-state index < -0.39 is 0 Å². The molecule has 0 unspecified atom stereocenters. The molecule has 1 aliphatic heterocycles. The molecule has 0 bridgehead atoms. The van der Waals surface area contributed by atoms with Crippen molar-refractivity contribution >= 4 is 50.7 Å². The average molecular weight is 399 g/mol. The molecule has 1 saturated heterocycles. The maximum absolute atomic E-state index is 12.8. The van der Waals surface area contributed by atoms with E-state index in [2.05, 4.69) is 21.3 Å². The Morgan fingerprint density at radius 2 is 1.81 bits per heavy atom. The first-order valence-corrected chi connectivity index (χ1v) is 11.1. The Balaban J connectivity index is 1.69. The predicted octanol–water partition coefficient (Wildman–Crippen LogP) is 4.88. The molecule has 1 fully saturated rings. The fourth-order valence-corrected chi connectivity index (χ4v) is 4.84. The third-order valence-electron chi connectivity index (χ3n) is 4.64. The summed E-state index contributed by atoms with van der Waals surface area (Å²) < 4.78 is 0. The summed E-state index contributed by atoms with van der Waals surface area (Å²) in [6.07, 6.45) is 4.35. The third kappa shape index (κ3) is 3.80. The monoisotopic (exact) mass is 398 g/mol. The summed E-state index contributed by atoms with van der Waals surface area (Å²) in [5.74, 6) is 0.865. The van der Waals surface area contributed by atoms with Crippen LogP contribution in [0.3, 0.4) is 0 Å². The van der Waals surface area contributed by atoms with Crippen molar-refractivity contribution in [2.45, 2.75) is 31.8 Å². The smallest absolute Gasteiger partial charge is 0.265 e. The number of nitrogens with one attached hydrogen (secondary N) is 1. The number of thioether (sulfide) groups is 1. The van der Waals surface area contributed by atoms with Gasteiger partial charge in [0.1, 0.15) is 10.6 Å². The standard InChI is InChI=1S/C20H22N4OS2/c1-12-8-13(2)10-14(9-12)21-18(25)16-11-15-17(24-6-4-5-7-24)22-20(26-3)23-19(15)27-16/h8-11H,4-7H2,1-3H3,(H,21,25). The van der Waals surface area contributed by atoms with Crippen molar-refractivity contribution in [3.05, 3.63) is 40.3 Å². The molecule has 0 saturated carbocycles. The van der Waals surface area contributed by atoms with Crippen molar-refractivity contribution < 1.29 is 4.79 Å². The molecule has 1 aliphatic rings. The van der Waals surface area contributed by atoms with Gasteiger partial charge in [-0.15, -0.1) is 11.3 Å². The minimum atomic E-state index is -0.0962. The van der Waals surface area contributed by atoms with Gasteiger partial charge in [-0.3, -0.25) is 4.79 Å².